The number of allylic oxidation sites excluding steroid dienone is 2. The molecule has 1 aliphatic carbocycles. The quantitative estimate of drug-likeness (QED) is 0.618. The normalized spacial score (nSPS) is 25.8. The molecule has 15 heavy (non-hydrogen) atoms. The molecule has 2 rings (SSSR count). The topological polar surface area (TPSA) is 26.0 Å². The molecule has 0 saturated carbocycles. The standard InChI is InChI=1S/C12H11BrClN/c13-10-6-7-12(14,15)11(8-10)9-4-2-1-3-5-9/h1-6,8H,7,15H2. The van der Waals surface area contributed by atoms with Crippen molar-refractivity contribution in [3.63, 3.8) is 0 Å². The van der Waals surface area contributed by atoms with E-state index in [2.05, 4.69) is 15.9 Å². The van der Waals surface area contributed by atoms with E-state index in [0.717, 1.165) is 15.6 Å². The summed E-state index contributed by atoms with van der Waals surface area (Å²) in [6.07, 6.45) is 4.60. The minimum Gasteiger partial charge on any atom is -0.309 e. The first-order valence-corrected chi connectivity index (χ1v) is 5.88. The van der Waals surface area contributed by atoms with Crippen molar-refractivity contribution in [2.45, 2.75) is 11.4 Å². The fourth-order valence-corrected chi connectivity index (χ4v) is 2.25. The fraction of sp³-hybridized carbons (Fsp3) is 0.167. The third-order valence-electron chi connectivity index (χ3n) is 2.41. The van der Waals surface area contributed by atoms with Crippen LogP contribution in [0.15, 0.2) is 47.0 Å². The maximum Gasteiger partial charge on any atom is 0.121 e. The van der Waals surface area contributed by atoms with Crippen LogP contribution in [0, 0.1) is 0 Å². The Morgan fingerprint density at radius 3 is 2.60 bits per heavy atom. The molecule has 1 unspecified atom stereocenters. The summed E-state index contributed by atoms with van der Waals surface area (Å²) in [6, 6.07) is 9.97. The van der Waals surface area contributed by atoms with E-state index in [1.54, 1.807) is 0 Å². The molecule has 1 aromatic rings. The maximum atomic E-state index is 6.28. The Bertz CT molecular complexity index is 421. The van der Waals surface area contributed by atoms with Gasteiger partial charge in [-0.2, -0.15) is 0 Å². The first-order chi connectivity index (χ1) is 7.09. The highest BCUT2D eigenvalue weighted by Gasteiger charge is 2.29. The lowest BCUT2D eigenvalue weighted by atomic mass is 9.92. The van der Waals surface area contributed by atoms with Crippen molar-refractivity contribution in [3.8, 4) is 0 Å². The average Bonchev–Trinajstić information content (AvgIpc) is 2.23. The molecule has 0 bridgehead atoms. The highest BCUT2D eigenvalue weighted by atomic mass is 79.9. The third kappa shape index (κ3) is 2.33. The molecule has 2 N–H and O–H groups in total. The van der Waals surface area contributed by atoms with Crippen LogP contribution >= 0.6 is 27.5 Å². The molecule has 0 radical (unpaired) electrons. The van der Waals surface area contributed by atoms with Crippen molar-refractivity contribution < 1.29 is 0 Å². The van der Waals surface area contributed by atoms with Gasteiger partial charge in [0.05, 0.1) is 0 Å². The van der Waals surface area contributed by atoms with Crippen LogP contribution in [-0.4, -0.2) is 5.00 Å². The zero-order valence-electron chi connectivity index (χ0n) is 8.08. The average molecular weight is 285 g/mol. The van der Waals surface area contributed by atoms with Crippen LogP contribution in [0.3, 0.4) is 0 Å². The van der Waals surface area contributed by atoms with Gasteiger partial charge in [0, 0.05) is 10.9 Å². The molecule has 0 fully saturated rings. The van der Waals surface area contributed by atoms with E-state index < -0.39 is 5.00 Å². The Hall–Kier alpha value is -0.570. The SMILES string of the molecule is NC1(Cl)CC=C(Br)C=C1c1ccccc1. The number of hydrogen-bond donors (Lipinski definition) is 1. The van der Waals surface area contributed by atoms with Gasteiger partial charge in [0.25, 0.3) is 0 Å². The highest BCUT2D eigenvalue weighted by Crippen LogP contribution is 2.37. The Morgan fingerprint density at radius 1 is 1.27 bits per heavy atom. The van der Waals surface area contributed by atoms with Gasteiger partial charge in [0.15, 0.2) is 0 Å². The fourth-order valence-electron chi connectivity index (χ4n) is 1.61. The summed E-state index contributed by atoms with van der Waals surface area (Å²) in [7, 11) is 0. The van der Waals surface area contributed by atoms with Crippen LogP contribution in [0.2, 0.25) is 0 Å². The molecule has 0 amide bonds. The van der Waals surface area contributed by atoms with E-state index >= 15 is 0 Å². The van der Waals surface area contributed by atoms with Gasteiger partial charge in [-0.05, 0) is 17.2 Å². The van der Waals surface area contributed by atoms with Crippen molar-refractivity contribution in [1.82, 2.24) is 0 Å². The second-order valence-electron chi connectivity index (χ2n) is 3.58. The van der Waals surface area contributed by atoms with Crippen LogP contribution in [0.25, 0.3) is 5.57 Å². The van der Waals surface area contributed by atoms with Crippen molar-refractivity contribution in [2.24, 2.45) is 5.73 Å². The number of halogens is 2. The Labute approximate surface area is 103 Å². The Balaban J connectivity index is 2.47. The predicted molar refractivity (Wildman–Crippen MR) is 68.8 cm³/mol. The smallest absolute Gasteiger partial charge is 0.121 e. The van der Waals surface area contributed by atoms with Gasteiger partial charge in [0.2, 0.25) is 0 Å². The predicted octanol–water partition coefficient (Wildman–Crippen LogP) is 3.65. The second kappa shape index (κ2) is 4.12. The molecule has 0 spiro atoms. The van der Waals surface area contributed by atoms with Crippen LogP contribution < -0.4 is 5.73 Å². The van der Waals surface area contributed by atoms with E-state index in [1.165, 1.54) is 0 Å². The number of nitrogens with two attached hydrogens (primary N) is 1. The first kappa shape index (κ1) is 10.9. The minimum absolute atomic E-state index is 0.635. The number of alkyl halides is 1. The molecule has 1 aromatic carbocycles. The molecule has 0 aromatic heterocycles. The van der Waals surface area contributed by atoms with Crippen LogP contribution in [0.5, 0.6) is 0 Å². The summed E-state index contributed by atoms with van der Waals surface area (Å²) < 4.78 is 1.03. The second-order valence-corrected chi connectivity index (χ2v) is 5.17. The molecular weight excluding hydrogens is 273 g/mol. The van der Waals surface area contributed by atoms with Gasteiger partial charge < -0.3 is 5.73 Å². The van der Waals surface area contributed by atoms with Crippen molar-refractivity contribution in [2.75, 3.05) is 0 Å². The van der Waals surface area contributed by atoms with Crippen molar-refractivity contribution in [1.29, 1.82) is 0 Å². The lowest BCUT2D eigenvalue weighted by Gasteiger charge is -2.27. The van der Waals surface area contributed by atoms with Gasteiger partial charge >= 0.3 is 0 Å². The lowest BCUT2D eigenvalue weighted by Crippen LogP contribution is -2.35. The molecule has 1 atom stereocenters. The maximum absolute atomic E-state index is 6.28. The molecule has 0 heterocycles. The van der Waals surface area contributed by atoms with E-state index in [4.69, 9.17) is 17.3 Å². The summed E-state index contributed by atoms with van der Waals surface area (Å²) >= 11 is 9.73. The zero-order chi connectivity index (χ0) is 10.9. The summed E-state index contributed by atoms with van der Waals surface area (Å²) in [4.78, 5) is -0.793. The summed E-state index contributed by atoms with van der Waals surface area (Å²) in [5.74, 6) is 0. The van der Waals surface area contributed by atoms with Crippen molar-refractivity contribution in [3.05, 3.63) is 52.5 Å². The number of rotatable bonds is 1. The number of benzene rings is 1. The molecule has 1 aliphatic rings. The molecular formula is C12H11BrClN. The first-order valence-electron chi connectivity index (χ1n) is 4.71. The molecule has 3 heteroatoms. The number of hydrogen-bond acceptors (Lipinski definition) is 1. The van der Waals surface area contributed by atoms with E-state index in [-0.39, 0.29) is 0 Å². The zero-order valence-corrected chi connectivity index (χ0v) is 10.4. The van der Waals surface area contributed by atoms with Crippen LogP contribution in [0.1, 0.15) is 12.0 Å². The third-order valence-corrected chi connectivity index (χ3v) is 3.32. The molecule has 0 aliphatic heterocycles. The molecule has 0 saturated heterocycles. The van der Waals surface area contributed by atoms with Gasteiger partial charge in [-0.15, -0.1) is 0 Å². The van der Waals surface area contributed by atoms with Gasteiger partial charge in [-0.25, -0.2) is 0 Å². The van der Waals surface area contributed by atoms with E-state index in [9.17, 15) is 0 Å². The van der Waals surface area contributed by atoms with Crippen LogP contribution in [-0.2, 0) is 0 Å². The van der Waals surface area contributed by atoms with Gasteiger partial charge in [0.1, 0.15) is 5.00 Å². The largest absolute Gasteiger partial charge is 0.309 e. The Kier molecular flexibility index (Phi) is 3.01. The van der Waals surface area contributed by atoms with E-state index in [1.807, 2.05) is 42.5 Å². The molecule has 1 nitrogen and oxygen atoms in total. The molecule has 78 valence electrons. The lowest BCUT2D eigenvalue weighted by molar-refractivity contribution is 0.762. The Morgan fingerprint density at radius 2 is 1.93 bits per heavy atom. The summed E-state index contributed by atoms with van der Waals surface area (Å²) in [6.45, 7) is 0. The highest BCUT2D eigenvalue weighted by molar-refractivity contribution is 9.11. The minimum atomic E-state index is -0.793. The van der Waals surface area contributed by atoms with Crippen LogP contribution in [0.4, 0.5) is 0 Å². The van der Waals surface area contributed by atoms with Crippen molar-refractivity contribution >= 4 is 33.1 Å². The summed E-state index contributed by atoms with van der Waals surface area (Å²) in [5.41, 5.74) is 8.08. The van der Waals surface area contributed by atoms with Gasteiger partial charge in [-0.3, -0.25) is 0 Å². The monoisotopic (exact) mass is 283 g/mol. The van der Waals surface area contributed by atoms with Gasteiger partial charge in [-0.1, -0.05) is 63.9 Å². The summed E-state index contributed by atoms with van der Waals surface area (Å²) in [5, 5.41) is 0. The van der Waals surface area contributed by atoms with E-state index in [0.29, 0.717) is 6.42 Å².